The van der Waals surface area contributed by atoms with Crippen LogP contribution in [0.15, 0.2) is 48.0 Å². The minimum Gasteiger partial charge on any atom is -0.353 e. The van der Waals surface area contributed by atoms with Gasteiger partial charge in [0.15, 0.2) is 5.96 Å². The molecule has 4 atom stereocenters. The summed E-state index contributed by atoms with van der Waals surface area (Å²) in [5.41, 5.74) is 16.5. The van der Waals surface area contributed by atoms with Gasteiger partial charge in [-0.3, -0.25) is 9.79 Å². The third-order valence-electron chi connectivity index (χ3n) is 9.74. The second kappa shape index (κ2) is 9.29. The van der Waals surface area contributed by atoms with Gasteiger partial charge in [0.05, 0.1) is 12.2 Å². The Hall–Kier alpha value is -3.43. The molecule has 5 aliphatic carbocycles. The van der Waals surface area contributed by atoms with E-state index in [9.17, 15) is 4.79 Å². The summed E-state index contributed by atoms with van der Waals surface area (Å²) in [6.07, 6.45) is 7.32. The molecule has 6 aliphatic rings. The molecule has 5 saturated carbocycles. The third-order valence-corrected chi connectivity index (χ3v) is 9.74. The van der Waals surface area contributed by atoms with Gasteiger partial charge in [-0.1, -0.05) is 12.6 Å². The molecule has 8 rings (SSSR count). The first-order valence-corrected chi connectivity index (χ1v) is 14.8. The number of carbonyl (C=O) groups excluding carboxylic acids is 1. The molecule has 0 radical (unpaired) electrons. The van der Waals surface area contributed by atoms with E-state index in [1.807, 2.05) is 30.1 Å². The van der Waals surface area contributed by atoms with Gasteiger partial charge in [-0.05, 0) is 99.1 Å². The monoisotopic (exact) mass is 557 g/mol. The van der Waals surface area contributed by atoms with Crippen LogP contribution in [0, 0.1) is 11.7 Å². The largest absolute Gasteiger partial charge is 0.353 e. The summed E-state index contributed by atoms with van der Waals surface area (Å²) in [6, 6.07) is 10.8. The molecule has 1 aliphatic heterocycles. The second-order valence-electron chi connectivity index (χ2n) is 13.6. The Morgan fingerprint density at radius 2 is 1.83 bits per heavy atom. The van der Waals surface area contributed by atoms with Crippen molar-refractivity contribution in [1.82, 2.24) is 15.5 Å². The number of rotatable bonds is 7. The number of guanidine groups is 1. The van der Waals surface area contributed by atoms with Gasteiger partial charge < -0.3 is 32.3 Å². The van der Waals surface area contributed by atoms with Crippen LogP contribution >= 0.6 is 0 Å². The molecule has 0 saturated heterocycles. The van der Waals surface area contributed by atoms with E-state index in [-0.39, 0.29) is 28.3 Å². The summed E-state index contributed by atoms with van der Waals surface area (Å²) in [4.78, 5) is 20.0. The number of aliphatic imine (C=N–C) groups is 1. The highest BCUT2D eigenvalue weighted by Crippen LogP contribution is 2.57. The SMILES string of the molecule is C=C(NC1=NCCN1C)c1cc(F)c(Nc2cccc(C(=O)NC34CC5C[C@@](N)(C3)C[C@](N)(C5)C4)c2)c(C2CC2)c1. The lowest BCUT2D eigenvalue weighted by atomic mass is 9.47. The molecule has 9 heteroatoms. The number of carbonyl (C=O) groups is 1. The van der Waals surface area contributed by atoms with Crippen LogP contribution in [0.3, 0.4) is 0 Å². The highest BCUT2D eigenvalue weighted by molar-refractivity contribution is 5.96. The number of benzene rings is 2. The first-order chi connectivity index (χ1) is 19.5. The molecular formula is C32H40FN7O. The summed E-state index contributed by atoms with van der Waals surface area (Å²) < 4.78 is 15.7. The average molecular weight is 558 g/mol. The van der Waals surface area contributed by atoms with Gasteiger partial charge in [-0.2, -0.15) is 0 Å². The number of hydrogen-bond acceptors (Lipinski definition) is 7. The van der Waals surface area contributed by atoms with Crippen LogP contribution in [0.25, 0.3) is 5.70 Å². The van der Waals surface area contributed by atoms with E-state index in [0.717, 1.165) is 76.0 Å². The number of nitrogens with zero attached hydrogens (tertiary/aromatic N) is 2. The molecule has 8 nitrogen and oxygen atoms in total. The van der Waals surface area contributed by atoms with Crippen LogP contribution in [0.2, 0.25) is 0 Å². The fourth-order valence-corrected chi connectivity index (χ4v) is 8.45. The van der Waals surface area contributed by atoms with Crippen LogP contribution in [0.1, 0.15) is 78.8 Å². The average Bonchev–Trinajstić information content (AvgIpc) is 3.65. The summed E-state index contributed by atoms with van der Waals surface area (Å²) >= 11 is 0. The van der Waals surface area contributed by atoms with Gasteiger partial charge in [0, 0.05) is 52.7 Å². The number of likely N-dealkylation sites (N-methyl/N-ethyl adjacent to an activating group) is 1. The topological polar surface area (TPSA) is 121 Å². The number of anilines is 2. The molecule has 7 N–H and O–H groups in total. The Bertz CT molecular complexity index is 1450. The molecule has 1 heterocycles. The maximum atomic E-state index is 15.7. The van der Waals surface area contributed by atoms with Crippen LogP contribution in [0.5, 0.6) is 0 Å². The molecule has 4 bridgehead atoms. The van der Waals surface area contributed by atoms with E-state index in [1.165, 1.54) is 6.07 Å². The van der Waals surface area contributed by atoms with Crippen LogP contribution < -0.4 is 27.4 Å². The van der Waals surface area contributed by atoms with Crippen molar-refractivity contribution < 1.29 is 9.18 Å². The van der Waals surface area contributed by atoms with Crippen molar-refractivity contribution in [3.8, 4) is 0 Å². The molecule has 216 valence electrons. The summed E-state index contributed by atoms with van der Waals surface area (Å²) in [5, 5.41) is 9.89. The second-order valence-corrected chi connectivity index (χ2v) is 13.6. The predicted octanol–water partition coefficient (Wildman–Crippen LogP) is 4.17. The van der Waals surface area contributed by atoms with Crippen LogP contribution in [0.4, 0.5) is 15.8 Å². The number of amides is 1. The number of nitrogens with one attached hydrogen (secondary N) is 3. The van der Waals surface area contributed by atoms with Gasteiger partial charge in [0.2, 0.25) is 0 Å². The van der Waals surface area contributed by atoms with E-state index < -0.39 is 0 Å². The summed E-state index contributed by atoms with van der Waals surface area (Å²) in [5.74, 6) is 1.01. The predicted molar refractivity (Wildman–Crippen MR) is 160 cm³/mol. The Morgan fingerprint density at radius 1 is 1.07 bits per heavy atom. The fourth-order valence-electron chi connectivity index (χ4n) is 8.45. The lowest BCUT2D eigenvalue weighted by molar-refractivity contribution is -0.0466. The van der Waals surface area contributed by atoms with Crippen molar-refractivity contribution in [1.29, 1.82) is 0 Å². The maximum Gasteiger partial charge on any atom is 0.251 e. The molecule has 41 heavy (non-hydrogen) atoms. The summed E-state index contributed by atoms with van der Waals surface area (Å²) in [6.45, 7) is 5.73. The van der Waals surface area contributed by atoms with E-state index >= 15 is 4.39 Å². The molecule has 5 fully saturated rings. The van der Waals surface area contributed by atoms with Crippen molar-refractivity contribution in [2.75, 3.05) is 25.5 Å². The Morgan fingerprint density at radius 3 is 2.49 bits per heavy atom. The van der Waals surface area contributed by atoms with Crippen LogP contribution in [-0.4, -0.2) is 53.5 Å². The number of halogens is 1. The molecule has 2 aromatic rings. The molecular weight excluding hydrogens is 517 g/mol. The molecule has 0 spiro atoms. The minimum absolute atomic E-state index is 0.136. The first kappa shape index (κ1) is 26.5. The Kier molecular flexibility index (Phi) is 6.00. The molecule has 1 amide bonds. The summed E-state index contributed by atoms with van der Waals surface area (Å²) in [7, 11) is 1.97. The lowest BCUT2D eigenvalue weighted by Gasteiger charge is -2.64. The zero-order valence-corrected chi connectivity index (χ0v) is 23.7. The van der Waals surface area contributed by atoms with Gasteiger partial charge in [0.25, 0.3) is 5.91 Å². The first-order valence-electron chi connectivity index (χ1n) is 14.8. The third kappa shape index (κ3) is 4.99. The quantitative estimate of drug-likeness (QED) is 0.349. The van der Waals surface area contributed by atoms with Crippen LogP contribution in [-0.2, 0) is 0 Å². The zero-order valence-electron chi connectivity index (χ0n) is 23.7. The van der Waals surface area contributed by atoms with E-state index in [0.29, 0.717) is 40.0 Å². The number of nitrogens with two attached hydrogens (primary N) is 2. The van der Waals surface area contributed by atoms with E-state index in [2.05, 4.69) is 27.5 Å². The Balaban J connectivity index is 1.10. The lowest BCUT2D eigenvalue weighted by Crippen LogP contribution is -2.75. The minimum atomic E-state index is -0.361. The van der Waals surface area contributed by atoms with Crippen molar-refractivity contribution in [2.24, 2.45) is 22.4 Å². The highest BCUT2D eigenvalue weighted by Gasteiger charge is 2.61. The zero-order chi connectivity index (χ0) is 28.6. The van der Waals surface area contributed by atoms with Crippen molar-refractivity contribution >= 4 is 28.9 Å². The fraction of sp³-hybridized carbons (Fsp3) is 0.500. The molecule has 2 unspecified atom stereocenters. The smallest absolute Gasteiger partial charge is 0.251 e. The van der Waals surface area contributed by atoms with Crippen molar-refractivity contribution in [2.45, 2.75) is 73.9 Å². The molecule has 2 aromatic carbocycles. The maximum absolute atomic E-state index is 15.7. The van der Waals surface area contributed by atoms with E-state index in [4.69, 9.17) is 11.5 Å². The van der Waals surface area contributed by atoms with Gasteiger partial charge in [-0.25, -0.2) is 4.39 Å². The standard InChI is InChI=1S/C32H40FN7O/c1-19(37-29-36-8-9-40(29)2)23-11-25(21-6-7-21)27(26(33)12-23)38-24-5-3-4-22(10-24)28(41)39-32-15-20-13-30(34,17-32)16-31(35,14-20)18-32/h3-5,10-12,20-21,38H,1,6-9,13-18,34-35H2,2H3,(H,36,37)(H,39,41)/t20?,30-,31+,32?. The highest BCUT2D eigenvalue weighted by atomic mass is 19.1. The van der Waals surface area contributed by atoms with Gasteiger partial charge in [0.1, 0.15) is 5.82 Å². The normalized spacial score (nSPS) is 31.7. The Labute approximate surface area is 240 Å². The van der Waals surface area contributed by atoms with Crippen molar-refractivity contribution in [3.63, 3.8) is 0 Å². The van der Waals surface area contributed by atoms with Gasteiger partial charge in [-0.15, -0.1) is 0 Å². The van der Waals surface area contributed by atoms with E-state index in [1.54, 1.807) is 12.1 Å². The number of hydrogen-bond donors (Lipinski definition) is 5. The van der Waals surface area contributed by atoms with Gasteiger partial charge >= 0.3 is 0 Å². The van der Waals surface area contributed by atoms with Crippen molar-refractivity contribution in [3.05, 3.63) is 65.5 Å². The molecule has 0 aromatic heterocycles.